The maximum Gasteiger partial charge on any atom is 0.0816 e. The first-order chi connectivity index (χ1) is 29.1. The molecule has 62 heavy (non-hydrogen) atoms. The van der Waals surface area contributed by atoms with Crippen molar-refractivity contribution in [3.05, 3.63) is 153 Å². The Bertz CT molecular complexity index is 2860. The van der Waals surface area contributed by atoms with E-state index >= 15 is 0 Å². The molecule has 0 aliphatic carbocycles. The Kier molecular flexibility index (Phi) is 10.4. The number of aromatic amines is 2. The van der Waals surface area contributed by atoms with Crippen LogP contribution in [0.15, 0.2) is 91.0 Å². The third kappa shape index (κ3) is 8.62. The van der Waals surface area contributed by atoms with Crippen LogP contribution in [0.1, 0.15) is 145 Å². The van der Waals surface area contributed by atoms with E-state index < -0.39 is 0 Å². The normalized spacial score (nSPS) is 12.9. The van der Waals surface area contributed by atoms with E-state index in [2.05, 4.69) is 202 Å². The second kappa shape index (κ2) is 15.4. The summed E-state index contributed by atoms with van der Waals surface area (Å²) in [5.41, 5.74) is 18.8. The van der Waals surface area contributed by atoms with Crippen LogP contribution >= 0.6 is 0 Å². The predicted octanol–water partition coefficient (Wildman–Crippen LogP) is 14.6. The van der Waals surface area contributed by atoms with Gasteiger partial charge in [-0.05, 0) is 134 Å². The SMILES string of the molecule is C#Cc1ccc(C#Cc2c3nc(c(-c4cc(C(C)(C)C)cc(C(C)(C)C)c4)c4ccc(cc5ccc([nH]5)c(-c5cc(C(C)(C)C)cc(C(C)(C)C)c5)c5nc2C=C5)[nH]4)C=C3)cc1. The topological polar surface area (TPSA) is 57.4 Å². The van der Waals surface area contributed by atoms with Gasteiger partial charge in [0.1, 0.15) is 0 Å². The molecule has 2 N–H and O–H groups in total. The van der Waals surface area contributed by atoms with Gasteiger partial charge in [-0.15, -0.1) is 6.42 Å². The minimum absolute atomic E-state index is 0.0617. The molecule has 8 rings (SSSR count). The van der Waals surface area contributed by atoms with Gasteiger partial charge in [0.2, 0.25) is 0 Å². The Labute approximate surface area is 368 Å². The van der Waals surface area contributed by atoms with Gasteiger partial charge in [0.25, 0.3) is 0 Å². The minimum atomic E-state index is -0.0617. The molecule has 0 radical (unpaired) electrons. The van der Waals surface area contributed by atoms with Crippen LogP contribution in [0.5, 0.6) is 0 Å². The summed E-state index contributed by atoms with van der Waals surface area (Å²) >= 11 is 0. The van der Waals surface area contributed by atoms with Crippen molar-refractivity contribution in [3.8, 4) is 46.4 Å². The summed E-state index contributed by atoms with van der Waals surface area (Å²) in [4.78, 5) is 18.5. The average molecular weight is 811 g/mol. The fourth-order valence-corrected chi connectivity index (χ4v) is 7.94. The van der Waals surface area contributed by atoms with Crippen LogP contribution in [0.25, 0.3) is 68.6 Å². The maximum absolute atomic E-state index is 5.69. The molecule has 0 unspecified atom stereocenters. The van der Waals surface area contributed by atoms with Gasteiger partial charge in [0, 0.05) is 44.3 Å². The summed E-state index contributed by atoms with van der Waals surface area (Å²) in [6, 6.07) is 32.7. The van der Waals surface area contributed by atoms with Gasteiger partial charge in [-0.3, -0.25) is 0 Å². The monoisotopic (exact) mass is 810 g/mol. The molecule has 0 amide bonds. The minimum Gasteiger partial charge on any atom is -0.355 e. The quantitative estimate of drug-likeness (QED) is 0.171. The van der Waals surface area contributed by atoms with Crippen molar-refractivity contribution in [1.82, 2.24) is 19.9 Å². The van der Waals surface area contributed by atoms with Gasteiger partial charge in [-0.2, -0.15) is 0 Å². The lowest BCUT2D eigenvalue weighted by Gasteiger charge is -2.26. The highest BCUT2D eigenvalue weighted by molar-refractivity contribution is 5.94. The molecule has 4 heteroatoms. The van der Waals surface area contributed by atoms with Crippen LogP contribution in [-0.4, -0.2) is 19.9 Å². The average Bonchev–Trinajstić information content (AvgIpc) is 4.04. The van der Waals surface area contributed by atoms with Crippen molar-refractivity contribution in [2.75, 3.05) is 0 Å². The molecule has 0 saturated heterocycles. The Morgan fingerprint density at radius 1 is 0.419 bits per heavy atom. The predicted molar refractivity (Wildman–Crippen MR) is 265 cm³/mol. The van der Waals surface area contributed by atoms with E-state index in [-0.39, 0.29) is 21.7 Å². The number of hydrogen-bond acceptors (Lipinski definition) is 2. The number of terminal acetylenes is 1. The summed E-state index contributed by atoms with van der Waals surface area (Å²) in [7, 11) is 0. The van der Waals surface area contributed by atoms with E-state index in [1.165, 1.54) is 22.3 Å². The fraction of sp³-hybridized carbons (Fsp3) is 0.276. The fourth-order valence-electron chi connectivity index (χ4n) is 7.94. The molecule has 0 atom stereocenters. The Hall–Kier alpha value is -6.62. The lowest BCUT2D eigenvalue weighted by Crippen LogP contribution is -2.16. The molecule has 2 aliphatic rings. The molecular weight excluding hydrogens is 753 g/mol. The highest BCUT2D eigenvalue weighted by atomic mass is 14.8. The molecule has 4 nitrogen and oxygen atoms in total. The Balaban J connectivity index is 1.50. The van der Waals surface area contributed by atoms with Crippen molar-refractivity contribution < 1.29 is 0 Å². The first-order valence-electron chi connectivity index (χ1n) is 21.7. The largest absolute Gasteiger partial charge is 0.355 e. The molecule has 6 aromatic rings. The van der Waals surface area contributed by atoms with Gasteiger partial charge in [0.05, 0.1) is 28.3 Å². The van der Waals surface area contributed by atoms with Crippen LogP contribution in [0, 0.1) is 24.2 Å². The van der Waals surface area contributed by atoms with E-state index in [1.807, 2.05) is 24.3 Å². The van der Waals surface area contributed by atoms with Crippen molar-refractivity contribution >= 4 is 46.4 Å². The summed E-state index contributed by atoms with van der Waals surface area (Å²) < 4.78 is 0. The van der Waals surface area contributed by atoms with E-state index in [0.29, 0.717) is 0 Å². The van der Waals surface area contributed by atoms with Crippen molar-refractivity contribution in [3.63, 3.8) is 0 Å². The van der Waals surface area contributed by atoms with Gasteiger partial charge in [-0.1, -0.05) is 137 Å². The molecule has 0 saturated carbocycles. The summed E-state index contributed by atoms with van der Waals surface area (Å²) in [6.07, 6.45) is 14.1. The van der Waals surface area contributed by atoms with Crippen LogP contribution in [-0.2, 0) is 21.7 Å². The number of hydrogen-bond donors (Lipinski definition) is 2. The Morgan fingerprint density at radius 2 is 0.790 bits per heavy atom. The lowest BCUT2D eigenvalue weighted by atomic mass is 9.78. The number of aromatic nitrogens is 4. The number of nitrogens with one attached hydrogen (secondary N) is 2. The maximum atomic E-state index is 5.69. The third-order valence-corrected chi connectivity index (χ3v) is 11.9. The lowest BCUT2D eigenvalue weighted by molar-refractivity contribution is 0.568. The first kappa shape index (κ1) is 42.1. The smallest absolute Gasteiger partial charge is 0.0816 e. The second-order valence-electron chi connectivity index (χ2n) is 20.9. The number of nitrogens with zero attached hydrogens (tertiary/aromatic N) is 2. The van der Waals surface area contributed by atoms with Gasteiger partial charge < -0.3 is 9.97 Å². The van der Waals surface area contributed by atoms with E-state index in [0.717, 1.165) is 83.8 Å². The molecule has 310 valence electrons. The molecule has 3 aromatic carbocycles. The van der Waals surface area contributed by atoms with Gasteiger partial charge >= 0.3 is 0 Å². The van der Waals surface area contributed by atoms with Crippen LogP contribution in [0.4, 0.5) is 0 Å². The van der Waals surface area contributed by atoms with Crippen molar-refractivity contribution in [1.29, 1.82) is 0 Å². The number of rotatable bonds is 2. The van der Waals surface area contributed by atoms with Crippen LogP contribution < -0.4 is 0 Å². The molecule has 3 aromatic heterocycles. The second-order valence-corrected chi connectivity index (χ2v) is 20.9. The van der Waals surface area contributed by atoms with Gasteiger partial charge in [-0.25, -0.2) is 9.97 Å². The van der Waals surface area contributed by atoms with Crippen LogP contribution in [0.3, 0.4) is 0 Å². The zero-order chi connectivity index (χ0) is 44.4. The zero-order valence-corrected chi connectivity index (χ0v) is 38.4. The molecule has 0 spiro atoms. The van der Waals surface area contributed by atoms with E-state index in [1.54, 1.807) is 0 Å². The standard InChI is InChI=1S/C58H58N4/c1-14-36-15-17-37(18-16-36)19-22-46-47-25-27-51(61-47)53(38-29-40(55(2,3)4)33-41(30-38)56(5,6)7)49-23-20-44(59-49)35-45-21-24-50(60-45)54(52-28-26-48(46)62-52)39-31-42(57(8,9)10)34-43(32-39)58(11,12)13/h1,15-18,20-21,23-35,59-60H,2-13H3. The number of fused-ring (bicyclic) bond motifs is 8. The molecule has 5 heterocycles. The number of benzene rings is 3. The van der Waals surface area contributed by atoms with Crippen LogP contribution in [0.2, 0.25) is 0 Å². The molecule has 8 bridgehead atoms. The zero-order valence-electron chi connectivity index (χ0n) is 38.4. The van der Waals surface area contributed by atoms with Crippen molar-refractivity contribution in [2.24, 2.45) is 0 Å². The first-order valence-corrected chi connectivity index (χ1v) is 21.7. The number of H-pyrrole nitrogens is 2. The molecule has 2 aliphatic heterocycles. The molecular formula is C58H58N4. The summed E-state index contributed by atoms with van der Waals surface area (Å²) in [6.45, 7) is 27.4. The highest BCUT2D eigenvalue weighted by Crippen LogP contribution is 2.40. The summed E-state index contributed by atoms with van der Waals surface area (Å²) in [5, 5.41) is 0. The summed E-state index contributed by atoms with van der Waals surface area (Å²) in [5.74, 6) is 9.69. The third-order valence-electron chi connectivity index (χ3n) is 11.9. The van der Waals surface area contributed by atoms with E-state index in [9.17, 15) is 0 Å². The molecule has 0 fully saturated rings. The van der Waals surface area contributed by atoms with Gasteiger partial charge in [0.15, 0.2) is 0 Å². The highest BCUT2D eigenvalue weighted by Gasteiger charge is 2.25. The Morgan fingerprint density at radius 3 is 1.16 bits per heavy atom. The van der Waals surface area contributed by atoms with E-state index in [4.69, 9.17) is 16.4 Å². The van der Waals surface area contributed by atoms with Crippen molar-refractivity contribution in [2.45, 2.75) is 105 Å².